The first-order chi connectivity index (χ1) is 15.9. The Hall–Kier alpha value is -3.18. The molecule has 0 saturated carbocycles. The van der Waals surface area contributed by atoms with Crippen LogP contribution in [0.4, 0.5) is 15.3 Å². The van der Waals surface area contributed by atoms with Gasteiger partial charge >= 0.3 is 18.2 Å². The number of nitrogens with one attached hydrogen (secondary N) is 2. The van der Waals surface area contributed by atoms with E-state index in [0.29, 0.717) is 37.5 Å². The molecule has 1 unspecified atom stereocenters. The first kappa shape index (κ1) is 24.5. The van der Waals surface area contributed by atoms with Crippen molar-refractivity contribution in [3.63, 3.8) is 0 Å². The molecule has 0 spiro atoms. The van der Waals surface area contributed by atoms with Crippen molar-refractivity contribution >= 4 is 29.7 Å². The van der Waals surface area contributed by atoms with Crippen LogP contribution in [0, 0.1) is 5.41 Å². The number of hydrogen-bond donors (Lipinski definition) is 2. The lowest BCUT2D eigenvalue weighted by atomic mass is 10.1. The highest BCUT2D eigenvalue weighted by molar-refractivity contribution is 6.04. The second kappa shape index (κ2) is 11.6. The standard InChI is InChI=1S/C22H31N5O6/c1-3-31-19(28)15-26-11-9-25(10-12-26)13-18-14-27(22(30)33-18)17-7-5-16(6-8-17)20(23)24-21(29)32-4-2/h5-8,18H,3-4,9-15H2,1-2H3,(H2,23,24,29). The molecular formula is C22H31N5O6. The molecule has 0 bridgehead atoms. The van der Waals surface area contributed by atoms with Gasteiger partial charge in [0, 0.05) is 44.0 Å². The van der Waals surface area contributed by atoms with Crippen molar-refractivity contribution in [3.8, 4) is 0 Å². The molecule has 33 heavy (non-hydrogen) atoms. The third kappa shape index (κ3) is 6.90. The van der Waals surface area contributed by atoms with Crippen LogP contribution in [-0.4, -0.2) is 98.9 Å². The van der Waals surface area contributed by atoms with E-state index in [1.807, 2.05) is 0 Å². The van der Waals surface area contributed by atoms with E-state index in [9.17, 15) is 14.4 Å². The number of benzene rings is 1. The predicted octanol–water partition coefficient (Wildman–Crippen LogP) is 1.26. The minimum Gasteiger partial charge on any atom is -0.465 e. The second-order valence-corrected chi connectivity index (χ2v) is 7.77. The number of carbonyl (C=O) groups excluding carboxylic acids is 3. The molecule has 0 aromatic heterocycles. The van der Waals surface area contributed by atoms with Gasteiger partial charge < -0.3 is 14.2 Å². The molecule has 2 heterocycles. The molecule has 1 aromatic rings. The molecule has 11 heteroatoms. The lowest BCUT2D eigenvalue weighted by Gasteiger charge is -2.34. The third-order valence-corrected chi connectivity index (χ3v) is 5.43. The molecule has 1 aromatic carbocycles. The summed E-state index contributed by atoms with van der Waals surface area (Å²) in [7, 11) is 0. The van der Waals surface area contributed by atoms with E-state index in [1.54, 1.807) is 43.0 Å². The van der Waals surface area contributed by atoms with Crippen molar-refractivity contribution in [2.24, 2.45) is 0 Å². The maximum absolute atomic E-state index is 12.4. The van der Waals surface area contributed by atoms with E-state index >= 15 is 0 Å². The topological polar surface area (TPSA) is 125 Å². The van der Waals surface area contributed by atoms with E-state index in [-0.39, 0.29) is 24.5 Å². The van der Waals surface area contributed by atoms with Gasteiger partial charge in [-0.2, -0.15) is 0 Å². The van der Waals surface area contributed by atoms with Gasteiger partial charge in [-0.25, -0.2) is 9.59 Å². The average molecular weight is 462 g/mol. The molecule has 11 nitrogen and oxygen atoms in total. The van der Waals surface area contributed by atoms with Crippen LogP contribution in [0.3, 0.4) is 0 Å². The fourth-order valence-electron chi connectivity index (χ4n) is 3.78. The fourth-order valence-corrected chi connectivity index (χ4v) is 3.78. The Kier molecular flexibility index (Phi) is 8.61. The highest BCUT2D eigenvalue weighted by Gasteiger charge is 2.34. The van der Waals surface area contributed by atoms with Gasteiger partial charge in [-0.3, -0.25) is 30.2 Å². The molecule has 2 aliphatic rings. The Morgan fingerprint density at radius 3 is 2.33 bits per heavy atom. The first-order valence-corrected chi connectivity index (χ1v) is 11.1. The van der Waals surface area contributed by atoms with Gasteiger partial charge in [0.25, 0.3) is 0 Å². The summed E-state index contributed by atoms with van der Waals surface area (Å²) in [6, 6.07) is 6.75. The Bertz CT molecular complexity index is 853. The van der Waals surface area contributed by atoms with E-state index in [4.69, 9.17) is 19.6 Å². The lowest BCUT2D eigenvalue weighted by Crippen LogP contribution is -2.50. The summed E-state index contributed by atoms with van der Waals surface area (Å²) in [4.78, 5) is 41.4. The van der Waals surface area contributed by atoms with Crippen molar-refractivity contribution in [2.75, 3.05) is 63.9 Å². The average Bonchev–Trinajstić information content (AvgIpc) is 3.15. The summed E-state index contributed by atoms with van der Waals surface area (Å²) < 4.78 is 15.3. The summed E-state index contributed by atoms with van der Waals surface area (Å²) in [5, 5.41) is 10.3. The minimum atomic E-state index is -0.681. The van der Waals surface area contributed by atoms with E-state index < -0.39 is 12.2 Å². The van der Waals surface area contributed by atoms with Crippen LogP contribution < -0.4 is 10.2 Å². The number of ether oxygens (including phenoxy) is 3. The fraction of sp³-hybridized carbons (Fsp3) is 0.545. The molecular weight excluding hydrogens is 430 g/mol. The number of esters is 1. The van der Waals surface area contributed by atoms with Gasteiger partial charge in [-0.1, -0.05) is 0 Å². The van der Waals surface area contributed by atoms with Gasteiger partial charge in [0.2, 0.25) is 0 Å². The number of carbonyl (C=O) groups is 3. The van der Waals surface area contributed by atoms with Crippen molar-refractivity contribution in [3.05, 3.63) is 29.8 Å². The molecule has 2 saturated heterocycles. The van der Waals surface area contributed by atoms with Gasteiger partial charge in [-0.05, 0) is 38.1 Å². The number of alkyl carbamates (subject to hydrolysis) is 1. The smallest absolute Gasteiger partial charge is 0.414 e. The van der Waals surface area contributed by atoms with Crippen LogP contribution in [0.25, 0.3) is 0 Å². The van der Waals surface area contributed by atoms with Crippen LogP contribution in [0.2, 0.25) is 0 Å². The van der Waals surface area contributed by atoms with Crippen LogP contribution in [0.1, 0.15) is 19.4 Å². The van der Waals surface area contributed by atoms with Gasteiger partial charge in [0.05, 0.1) is 26.3 Å². The molecule has 3 rings (SSSR count). The summed E-state index contributed by atoms with van der Waals surface area (Å²) in [5.74, 6) is -0.284. The number of amidine groups is 1. The quantitative estimate of drug-likeness (QED) is 0.257. The summed E-state index contributed by atoms with van der Waals surface area (Å²) in [5.41, 5.74) is 1.16. The Labute approximate surface area is 193 Å². The van der Waals surface area contributed by atoms with Crippen LogP contribution >= 0.6 is 0 Å². The first-order valence-electron chi connectivity index (χ1n) is 11.1. The van der Waals surface area contributed by atoms with Crippen molar-refractivity contribution in [2.45, 2.75) is 20.0 Å². The van der Waals surface area contributed by atoms with Crippen molar-refractivity contribution < 1.29 is 28.6 Å². The molecule has 2 fully saturated rings. The molecule has 2 amide bonds. The number of anilines is 1. The van der Waals surface area contributed by atoms with Crippen molar-refractivity contribution in [1.29, 1.82) is 5.41 Å². The monoisotopic (exact) mass is 461 g/mol. The zero-order chi connectivity index (χ0) is 23.8. The van der Waals surface area contributed by atoms with Crippen LogP contribution in [0.15, 0.2) is 24.3 Å². The zero-order valence-corrected chi connectivity index (χ0v) is 19.0. The van der Waals surface area contributed by atoms with Gasteiger partial charge in [0.15, 0.2) is 0 Å². The molecule has 2 N–H and O–H groups in total. The van der Waals surface area contributed by atoms with Crippen molar-refractivity contribution in [1.82, 2.24) is 15.1 Å². The Morgan fingerprint density at radius 1 is 1.06 bits per heavy atom. The van der Waals surface area contributed by atoms with Gasteiger partial charge in [0.1, 0.15) is 11.9 Å². The maximum atomic E-state index is 12.4. The minimum absolute atomic E-state index is 0.0797. The number of piperazine rings is 1. The molecule has 1 atom stereocenters. The molecule has 2 aliphatic heterocycles. The van der Waals surface area contributed by atoms with Gasteiger partial charge in [-0.15, -0.1) is 0 Å². The Morgan fingerprint density at radius 2 is 1.70 bits per heavy atom. The summed E-state index contributed by atoms with van der Waals surface area (Å²) in [6.45, 7) is 8.55. The molecule has 0 radical (unpaired) electrons. The predicted molar refractivity (Wildman–Crippen MR) is 121 cm³/mol. The highest BCUT2D eigenvalue weighted by atomic mass is 16.6. The highest BCUT2D eigenvalue weighted by Crippen LogP contribution is 2.23. The molecule has 0 aliphatic carbocycles. The normalized spacial score (nSPS) is 19.2. The second-order valence-electron chi connectivity index (χ2n) is 7.77. The maximum Gasteiger partial charge on any atom is 0.414 e. The van der Waals surface area contributed by atoms with E-state index in [1.165, 1.54) is 0 Å². The third-order valence-electron chi connectivity index (χ3n) is 5.43. The number of hydrogen-bond acceptors (Lipinski definition) is 9. The number of nitrogens with zero attached hydrogens (tertiary/aromatic N) is 3. The van der Waals surface area contributed by atoms with E-state index in [0.717, 1.165) is 26.2 Å². The number of cyclic esters (lactones) is 1. The zero-order valence-electron chi connectivity index (χ0n) is 19.0. The molecule has 180 valence electrons. The largest absolute Gasteiger partial charge is 0.465 e. The SMILES string of the molecule is CCOC(=O)CN1CCN(CC2CN(c3ccc(C(=N)NC(=O)OCC)cc3)C(=O)O2)CC1. The number of rotatable bonds is 8. The number of amides is 2. The van der Waals surface area contributed by atoms with Crippen LogP contribution in [-0.2, 0) is 19.0 Å². The lowest BCUT2D eigenvalue weighted by molar-refractivity contribution is -0.144. The Balaban J connectivity index is 1.47. The summed E-state index contributed by atoms with van der Waals surface area (Å²) >= 11 is 0. The van der Waals surface area contributed by atoms with Crippen LogP contribution in [0.5, 0.6) is 0 Å². The van der Waals surface area contributed by atoms with E-state index in [2.05, 4.69) is 15.1 Å². The summed E-state index contributed by atoms with van der Waals surface area (Å²) in [6.07, 6.45) is -1.34.